The summed E-state index contributed by atoms with van der Waals surface area (Å²) in [5.74, 6) is 0. The van der Waals surface area contributed by atoms with E-state index in [2.05, 4.69) is 35.2 Å². The van der Waals surface area contributed by atoms with Gasteiger partial charge in [-0.2, -0.15) is 5.10 Å². The van der Waals surface area contributed by atoms with Gasteiger partial charge in [0.1, 0.15) is 0 Å². The van der Waals surface area contributed by atoms with Crippen LogP contribution in [0.25, 0.3) is 0 Å². The molecule has 1 aliphatic rings. The number of piperidine rings is 1. The quantitative estimate of drug-likeness (QED) is 0.863. The van der Waals surface area contributed by atoms with Crippen molar-refractivity contribution >= 4 is 0 Å². The third-order valence-corrected chi connectivity index (χ3v) is 3.84. The van der Waals surface area contributed by atoms with Crippen molar-refractivity contribution in [2.24, 2.45) is 7.05 Å². The number of aryl methyl sites for hydroxylation is 2. The van der Waals surface area contributed by atoms with Gasteiger partial charge >= 0.3 is 0 Å². The molecule has 0 aliphatic carbocycles. The number of likely N-dealkylation sites (N-methyl/N-ethyl adjacent to an activating group) is 1. The van der Waals surface area contributed by atoms with Crippen LogP contribution in [0.15, 0.2) is 6.07 Å². The molecule has 1 saturated heterocycles. The van der Waals surface area contributed by atoms with Crippen LogP contribution in [0.2, 0.25) is 0 Å². The summed E-state index contributed by atoms with van der Waals surface area (Å²) in [5, 5.41) is 7.93. The van der Waals surface area contributed by atoms with E-state index in [1.807, 2.05) is 11.7 Å². The first-order valence-electron chi connectivity index (χ1n) is 7.15. The summed E-state index contributed by atoms with van der Waals surface area (Å²) in [7, 11) is 2.05. The highest BCUT2D eigenvalue weighted by Gasteiger charge is 2.22. The van der Waals surface area contributed by atoms with Crippen LogP contribution in [0, 0.1) is 6.92 Å². The van der Waals surface area contributed by atoms with Crippen molar-refractivity contribution in [3.8, 4) is 0 Å². The first-order valence-corrected chi connectivity index (χ1v) is 7.15. The predicted molar refractivity (Wildman–Crippen MR) is 74.5 cm³/mol. The number of aromatic nitrogens is 2. The molecule has 0 radical (unpaired) electrons. The number of nitrogens with one attached hydrogen (secondary N) is 1. The molecule has 0 spiro atoms. The molecular weight excluding hydrogens is 224 g/mol. The summed E-state index contributed by atoms with van der Waals surface area (Å²) >= 11 is 0. The maximum absolute atomic E-state index is 4.44. The molecule has 2 rings (SSSR count). The van der Waals surface area contributed by atoms with Crippen molar-refractivity contribution in [1.29, 1.82) is 0 Å². The Balaban J connectivity index is 1.98. The van der Waals surface area contributed by atoms with Crippen molar-refractivity contribution in [3.05, 3.63) is 17.5 Å². The molecule has 2 heterocycles. The molecule has 0 aromatic carbocycles. The van der Waals surface area contributed by atoms with E-state index in [0.717, 1.165) is 25.3 Å². The number of rotatable bonds is 5. The molecule has 4 nitrogen and oxygen atoms in total. The molecule has 4 heteroatoms. The van der Waals surface area contributed by atoms with Crippen LogP contribution in [-0.2, 0) is 13.6 Å². The molecular formula is C14H26N4. The van der Waals surface area contributed by atoms with Gasteiger partial charge in [-0.05, 0) is 38.9 Å². The summed E-state index contributed by atoms with van der Waals surface area (Å²) in [6.07, 6.45) is 4.03. The van der Waals surface area contributed by atoms with Crippen molar-refractivity contribution < 1.29 is 0 Å². The van der Waals surface area contributed by atoms with Gasteiger partial charge in [-0.1, -0.05) is 13.3 Å². The normalized spacial score (nSPS) is 21.4. The summed E-state index contributed by atoms with van der Waals surface area (Å²) in [5.41, 5.74) is 2.45. The molecule has 0 saturated carbocycles. The van der Waals surface area contributed by atoms with Crippen molar-refractivity contribution in [2.75, 3.05) is 19.6 Å². The Morgan fingerprint density at radius 1 is 1.44 bits per heavy atom. The summed E-state index contributed by atoms with van der Waals surface area (Å²) in [6.45, 7) is 8.68. The van der Waals surface area contributed by atoms with Crippen LogP contribution in [0.1, 0.15) is 37.6 Å². The van der Waals surface area contributed by atoms with E-state index >= 15 is 0 Å². The van der Waals surface area contributed by atoms with Gasteiger partial charge in [0.2, 0.25) is 0 Å². The Morgan fingerprint density at radius 2 is 2.28 bits per heavy atom. The van der Waals surface area contributed by atoms with Crippen LogP contribution >= 0.6 is 0 Å². The van der Waals surface area contributed by atoms with Crippen molar-refractivity contribution in [1.82, 2.24) is 20.0 Å². The average molecular weight is 250 g/mol. The van der Waals surface area contributed by atoms with Gasteiger partial charge in [0.25, 0.3) is 0 Å². The highest BCUT2D eigenvalue weighted by atomic mass is 15.3. The van der Waals surface area contributed by atoms with Gasteiger partial charge in [0, 0.05) is 26.2 Å². The highest BCUT2D eigenvalue weighted by Crippen LogP contribution is 2.19. The first kappa shape index (κ1) is 13.6. The SMILES string of the molecule is CCNCC1CCCCN1Cc1cc(C)nn1C. The molecule has 1 aromatic heterocycles. The van der Waals surface area contributed by atoms with E-state index in [-0.39, 0.29) is 0 Å². The maximum atomic E-state index is 4.44. The van der Waals surface area contributed by atoms with Gasteiger partial charge in [-0.25, -0.2) is 0 Å². The van der Waals surface area contributed by atoms with Crippen LogP contribution < -0.4 is 5.32 Å². The van der Waals surface area contributed by atoms with Gasteiger partial charge in [-0.3, -0.25) is 9.58 Å². The van der Waals surface area contributed by atoms with E-state index in [1.165, 1.54) is 31.5 Å². The number of nitrogens with zero attached hydrogens (tertiary/aromatic N) is 3. The average Bonchev–Trinajstić information content (AvgIpc) is 2.67. The lowest BCUT2D eigenvalue weighted by molar-refractivity contribution is 0.135. The summed E-state index contributed by atoms with van der Waals surface area (Å²) in [4.78, 5) is 2.61. The Kier molecular flexibility index (Phi) is 4.78. The lowest BCUT2D eigenvalue weighted by atomic mass is 10.0. The van der Waals surface area contributed by atoms with Gasteiger partial charge < -0.3 is 5.32 Å². The number of hydrogen-bond donors (Lipinski definition) is 1. The molecule has 18 heavy (non-hydrogen) atoms. The minimum atomic E-state index is 0.689. The zero-order chi connectivity index (χ0) is 13.0. The highest BCUT2D eigenvalue weighted by molar-refractivity contribution is 5.08. The maximum Gasteiger partial charge on any atom is 0.0597 e. The smallest absolute Gasteiger partial charge is 0.0597 e. The van der Waals surface area contributed by atoms with Crippen LogP contribution in [0.3, 0.4) is 0 Å². The fourth-order valence-corrected chi connectivity index (χ4v) is 2.83. The molecule has 0 bridgehead atoms. The standard InChI is InChI=1S/C14H26N4/c1-4-15-10-13-7-5-6-8-18(13)11-14-9-12(2)16-17(14)3/h9,13,15H,4-8,10-11H2,1-3H3. The summed E-state index contributed by atoms with van der Waals surface area (Å²) in [6, 6.07) is 2.90. The molecule has 1 aliphatic heterocycles. The second-order valence-electron chi connectivity index (χ2n) is 5.33. The first-order chi connectivity index (χ1) is 8.70. The van der Waals surface area contributed by atoms with E-state index in [4.69, 9.17) is 0 Å². The van der Waals surface area contributed by atoms with Crippen LogP contribution in [0.4, 0.5) is 0 Å². The zero-order valence-electron chi connectivity index (χ0n) is 11.9. The third kappa shape index (κ3) is 3.33. The Morgan fingerprint density at radius 3 is 2.94 bits per heavy atom. The van der Waals surface area contributed by atoms with Crippen molar-refractivity contribution in [3.63, 3.8) is 0 Å². The van der Waals surface area contributed by atoms with E-state index in [1.54, 1.807) is 0 Å². The lowest BCUT2D eigenvalue weighted by Crippen LogP contribution is -2.45. The molecule has 0 amide bonds. The molecule has 1 atom stereocenters. The van der Waals surface area contributed by atoms with Crippen molar-refractivity contribution in [2.45, 2.75) is 45.7 Å². The van der Waals surface area contributed by atoms with Crippen LogP contribution in [-0.4, -0.2) is 40.4 Å². The summed E-state index contributed by atoms with van der Waals surface area (Å²) < 4.78 is 2.02. The Bertz CT molecular complexity index is 372. The third-order valence-electron chi connectivity index (χ3n) is 3.84. The zero-order valence-corrected chi connectivity index (χ0v) is 11.9. The number of likely N-dealkylation sites (tertiary alicyclic amines) is 1. The van der Waals surface area contributed by atoms with Gasteiger partial charge in [0.05, 0.1) is 11.4 Å². The predicted octanol–water partition coefficient (Wildman–Crippen LogP) is 1.69. The second-order valence-corrected chi connectivity index (χ2v) is 5.33. The largest absolute Gasteiger partial charge is 0.315 e. The lowest BCUT2D eigenvalue weighted by Gasteiger charge is -2.35. The minimum Gasteiger partial charge on any atom is -0.315 e. The Labute approximate surface area is 110 Å². The Hall–Kier alpha value is -0.870. The monoisotopic (exact) mass is 250 g/mol. The fourth-order valence-electron chi connectivity index (χ4n) is 2.83. The molecule has 1 fully saturated rings. The second kappa shape index (κ2) is 6.34. The van der Waals surface area contributed by atoms with E-state index in [9.17, 15) is 0 Å². The topological polar surface area (TPSA) is 33.1 Å². The van der Waals surface area contributed by atoms with E-state index < -0.39 is 0 Å². The number of hydrogen-bond acceptors (Lipinski definition) is 3. The minimum absolute atomic E-state index is 0.689. The van der Waals surface area contributed by atoms with Crippen LogP contribution in [0.5, 0.6) is 0 Å². The van der Waals surface area contributed by atoms with E-state index in [0.29, 0.717) is 6.04 Å². The molecule has 102 valence electrons. The van der Waals surface area contributed by atoms with Gasteiger partial charge in [-0.15, -0.1) is 0 Å². The molecule has 1 N–H and O–H groups in total. The van der Waals surface area contributed by atoms with Gasteiger partial charge in [0.15, 0.2) is 0 Å². The molecule has 1 unspecified atom stereocenters. The molecule has 1 aromatic rings. The fraction of sp³-hybridized carbons (Fsp3) is 0.786.